The number of nitrogens with two attached hydrogens (primary N) is 1. The van der Waals surface area contributed by atoms with E-state index in [1.165, 1.54) is 6.20 Å². The summed E-state index contributed by atoms with van der Waals surface area (Å²) in [4.78, 5) is 20.2. The molecule has 9 nitrogen and oxygen atoms in total. The van der Waals surface area contributed by atoms with Crippen LogP contribution in [-0.4, -0.2) is 31.3 Å². The number of hydrogen-bond donors (Lipinski definition) is 4. The van der Waals surface area contributed by atoms with Gasteiger partial charge in [0.1, 0.15) is 11.5 Å². The average molecular weight is 378 g/mol. The molecule has 0 aliphatic carbocycles. The van der Waals surface area contributed by atoms with Gasteiger partial charge in [0.2, 0.25) is 0 Å². The fourth-order valence-electron chi connectivity index (χ4n) is 2.67. The summed E-state index contributed by atoms with van der Waals surface area (Å²) in [6.07, 6.45) is 3.21. The van der Waals surface area contributed by atoms with Crippen molar-refractivity contribution in [2.45, 2.75) is 6.54 Å². The predicted octanol–water partition coefficient (Wildman–Crippen LogP) is 2.34. The Morgan fingerprint density at radius 3 is 2.89 bits per heavy atom. The lowest BCUT2D eigenvalue weighted by atomic mass is 10.2. The smallest absolute Gasteiger partial charge is 0.252 e. The van der Waals surface area contributed by atoms with Crippen molar-refractivity contribution in [3.05, 3.63) is 65.9 Å². The number of aromatic nitrogens is 5. The standard InChI is InChI=1S/C18H15FN8O/c19-14-7-13(16(20)28)17(25-18(14)22-8-12-9-23-27-26-12)24-11-3-4-15-10(6-11)2-1-5-21-15/h1-7,9H,8H2,(H2,20,28)(H2,22,24,25)(H,23,26,27). The SMILES string of the molecule is NC(=O)c1cc(F)c(NCc2cn[nH]n2)nc1Nc1ccc2ncccc2c1. The molecule has 1 aromatic carbocycles. The third-order valence-electron chi connectivity index (χ3n) is 4.01. The molecule has 28 heavy (non-hydrogen) atoms. The van der Waals surface area contributed by atoms with E-state index in [9.17, 15) is 9.18 Å². The monoisotopic (exact) mass is 378 g/mol. The van der Waals surface area contributed by atoms with Crippen molar-refractivity contribution in [3.63, 3.8) is 0 Å². The molecule has 0 aliphatic rings. The lowest BCUT2D eigenvalue weighted by Gasteiger charge is -2.13. The molecule has 3 heterocycles. The number of benzene rings is 1. The van der Waals surface area contributed by atoms with E-state index in [1.807, 2.05) is 24.3 Å². The van der Waals surface area contributed by atoms with Gasteiger partial charge < -0.3 is 16.4 Å². The van der Waals surface area contributed by atoms with E-state index in [0.29, 0.717) is 11.4 Å². The van der Waals surface area contributed by atoms with Crippen molar-refractivity contribution >= 4 is 34.1 Å². The number of halogens is 1. The van der Waals surface area contributed by atoms with Gasteiger partial charge >= 0.3 is 0 Å². The molecule has 0 aliphatic heterocycles. The van der Waals surface area contributed by atoms with Crippen LogP contribution < -0.4 is 16.4 Å². The molecule has 10 heteroatoms. The van der Waals surface area contributed by atoms with Crippen molar-refractivity contribution in [3.8, 4) is 0 Å². The van der Waals surface area contributed by atoms with Gasteiger partial charge in [-0.2, -0.15) is 15.4 Å². The van der Waals surface area contributed by atoms with Gasteiger partial charge in [-0.25, -0.2) is 9.37 Å². The molecule has 0 saturated heterocycles. The van der Waals surface area contributed by atoms with Crippen LogP contribution in [0.5, 0.6) is 0 Å². The van der Waals surface area contributed by atoms with Crippen molar-refractivity contribution in [2.75, 3.05) is 10.6 Å². The van der Waals surface area contributed by atoms with Crippen LogP contribution in [0.2, 0.25) is 0 Å². The quantitative estimate of drug-likeness (QED) is 0.404. The second-order valence-electron chi connectivity index (χ2n) is 5.93. The normalized spacial score (nSPS) is 10.8. The highest BCUT2D eigenvalue weighted by Gasteiger charge is 2.16. The molecular weight excluding hydrogens is 363 g/mol. The molecule has 0 fully saturated rings. The summed E-state index contributed by atoms with van der Waals surface area (Å²) < 4.78 is 14.4. The van der Waals surface area contributed by atoms with Gasteiger partial charge in [0.25, 0.3) is 5.91 Å². The fraction of sp³-hybridized carbons (Fsp3) is 0.0556. The summed E-state index contributed by atoms with van der Waals surface area (Å²) in [6, 6.07) is 10.2. The number of rotatable bonds is 6. The Bertz CT molecular complexity index is 1150. The summed E-state index contributed by atoms with van der Waals surface area (Å²) in [7, 11) is 0. The van der Waals surface area contributed by atoms with E-state index in [2.05, 4.69) is 36.0 Å². The molecule has 0 radical (unpaired) electrons. The predicted molar refractivity (Wildman–Crippen MR) is 101 cm³/mol. The zero-order valence-corrected chi connectivity index (χ0v) is 14.5. The highest BCUT2D eigenvalue weighted by molar-refractivity contribution is 5.99. The molecular formula is C18H15FN8O. The molecule has 5 N–H and O–H groups in total. The minimum atomic E-state index is -0.792. The van der Waals surface area contributed by atoms with Crippen molar-refractivity contribution in [1.29, 1.82) is 0 Å². The number of carbonyl (C=O) groups is 1. The van der Waals surface area contributed by atoms with E-state index >= 15 is 0 Å². The zero-order chi connectivity index (χ0) is 19.5. The lowest BCUT2D eigenvalue weighted by molar-refractivity contribution is 0.100. The first-order valence-corrected chi connectivity index (χ1v) is 8.31. The van der Waals surface area contributed by atoms with Crippen LogP contribution in [0, 0.1) is 5.82 Å². The Balaban J connectivity index is 1.66. The third kappa shape index (κ3) is 3.56. The first kappa shape index (κ1) is 17.3. The van der Waals surface area contributed by atoms with Gasteiger partial charge in [-0.15, -0.1) is 0 Å². The number of pyridine rings is 2. The summed E-state index contributed by atoms with van der Waals surface area (Å²) in [5.74, 6) is -1.40. The number of nitrogens with one attached hydrogen (secondary N) is 3. The first-order valence-electron chi connectivity index (χ1n) is 8.31. The summed E-state index contributed by atoms with van der Waals surface area (Å²) >= 11 is 0. The number of nitrogens with zero attached hydrogens (tertiary/aromatic N) is 4. The number of carbonyl (C=O) groups excluding carboxylic acids is 1. The van der Waals surface area contributed by atoms with Crippen LogP contribution in [0.3, 0.4) is 0 Å². The zero-order valence-electron chi connectivity index (χ0n) is 14.5. The number of amides is 1. The maximum atomic E-state index is 14.4. The van der Waals surface area contributed by atoms with Crippen LogP contribution in [0.15, 0.2) is 48.8 Å². The number of hydrogen-bond acceptors (Lipinski definition) is 7. The summed E-state index contributed by atoms with van der Waals surface area (Å²) in [5.41, 5.74) is 7.39. The van der Waals surface area contributed by atoms with E-state index in [0.717, 1.165) is 17.0 Å². The van der Waals surface area contributed by atoms with Crippen molar-refractivity contribution in [1.82, 2.24) is 25.4 Å². The van der Waals surface area contributed by atoms with Crippen LogP contribution in [0.4, 0.5) is 21.7 Å². The van der Waals surface area contributed by atoms with Crippen LogP contribution in [-0.2, 0) is 6.54 Å². The largest absolute Gasteiger partial charge is 0.365 e. The molecule has 4 aromatic rings. The van der Waals surface area contributed by atoms with Gasteiger partial charge in [0.15, 0.2) is 11.6 Å². The van der Waals surface area contributed by atoms with Gasteiger partial charge in [0.05, 0.1) is 23.8 Å². The molecule has 0 atom stereocenters. The number of anilines is 3. The first-order chi connectivity index (χ1) is 13.6. The Morgan fingerprint density at radius 1 is 1.21 bits per heavy atom. The number of fused-ring (bicyclic) bond motifs is 1. The second kappa shape index (κ2) is 7.27. The topological polar surface area (TPSA) is 134 Å². The minimum Gasteiger partial charge on any atom is -0.365 e. The van der Waals surface area contributed by atoms with Gasteiger partial charge in [-0.3, -0.25) is 9.78 Å². The Morgan fingerprint density at radius 2 is 2.11 bits per heavy atom. The summed E-state index contributed by atoms with van der Waals surface area (Å²) in [6.45, 7) is 0.206. The van der Waals surface area contributed by atoms with Crippen LogP contribution in [0.25, 0.3) is 10.9 Å². The third-order valence-corrected chi connectivity index (χ3v) is 4.01. The Hall–Kier alpha value is -4.08. The molecule has 0 bridgehead atoms. The van der Waals surface area contributed by atoms with E-state index in [4.69, 9.17) is 5.73 Å². The number of primary amides is 1. The van der Waals surface area contributed by atoms with Gasteiger partial charge in [-0.1, -0.05) is 6.07 Å². The number of aromatic amines is 1. The molecule has 1 amide bonds. The minimum absolute atomic E-state index is 0.0436. The van der Waals surface area contributed by atoms with Gasteiger partial charge in [-0.05, 0) is 30.3 Å². The van der Waals surface area contributed by atoms with E-state index < -0.39 is 11.7 Å². The molecule has 0 spiro atoms. The van der Waals surface area contributed by atoms with E-state index in [1.54, 1.807) is 12.3 Å². The second-order valence-corrected chi connectivity index (χ2v) is 5.93. The maximum absolute atomic E-state index is 14.4. The molecule has 0 saturated carbocycles. The van der Waals surface area contributed by atoms with Crippen LogP contribution >= 0.6 is 0 Å². The average Bonchev–Trinajstić information content (AvgIpc) is 3.21. The van der Waals surface area contributed by atoms with Gasteiger partial charge in [0, 0.05) is 17.3 Å². The molecule has 0 unspecified atom stereocenters. The maximum Gasteiger partial charge on any atom is 0.252 e. The van der Waals surface area contributed by atoms with Crippen molar-refractivity contribution < 1.29 is 9.18 Å². The number of H-pyrrole nitrogens is 1. The molecule has 140 valence electrons. The molecule has 3 aromatic heterocycles. The van der Waals surface area contributed by atoms with E-state index in [-0.39, 0.29) is 23.7 Å². The molecule has 4 rings (SSSR count). The lowest BCUT2D eigenvalue weighted by Crippen LogP contribution is -2.16. The summed E-state index contributed by atoms with van der Waals surface area (Å²) in [5, 5.41) is 16.8. The Labute approximate surface area is 158 Å². The van der Waals surface area contributed by atoms with Crippen molar-refractivity contribution in [2.24, 2.45) is 5.73 Å². The highest BCUT2D eigenvalue weighted by Crippen LogP contribution is 2.25. The fourth-order valence-corrected chi connectivity index (χ4v) is 2.67. The van der Waals surface area contributed by atoms with Crippen LogP contribution in [0.1, 0.15) is 16.1 Å². The highest BCUT2D eigenvalue weighted by atomic mass is 19.1. The Kier molecular flexibility index (Phi) is 4.50.